The molecule has 0 bridgehead atoms. The Bertz CT molecular complexity index is 1020. The molecule has 1 amide bonds. The first-order valence-corrected chi connectivity index (χ1v) is 10.5. The molecule has 0 saturated carbocycles. The first-order valence-electron chi connectivity index (χ1n) is 8.68. The van der Waals surface area contributed by atoms with Crippen molar-refractivity contribution in [1.29, 1.82) is 0 Å². The third kappa shape index (κ3) is 5.24. The highest BCUT2D eigenvalue weighted by atomic mass is 35.5. The molecule has 148 valence electrons. The Labute approximate surface area is 168 Å². The number of anilines is 1. The highest BCUT2D eigenvalue weighted by Crippen LogP contribution is 2.22. The van der Waals surface area contributed by atoms with E-state index in [1.807, 2.05) is 6.92 Å². The van der Waals surface area contributed by atoms with Gasteiger partial charge in [-0.15, -0.1) is 0 Å². The van der Waals surface area contributed by atoms with Crippen LogP contribution in [0.25, 0.3) is 0 Å². The molecular formula is C19H20ClN3O4S. The molecule has 0 unspecified atom stereocenters. The maximum atomic E-state index is 12.5. The number of benzene rings is 2. The highest BCUT2D eigenvalue weighted by molar-refractivity contribution is 7.90. The van der Waals surface area contributed by atoms with E-state index in [1.54, 1.807) is 30.3 Å². The predicted molar refractivity (Wildman–Crippen MR) is 109 cm³/mol. The maximum absolute atomic E-state index is 12.5. The number of sulfonamides is 1. The van der Waals surface area contributed by atoms with E-state index >= 15 is 0 Å². The van der Waals surface area contributed by atoms with Crippen LogP contribution in [0.5, 0.6) is 5.75 Å². The second-order valence-corrected chi connectivity index (χ2v) is 8.43. The predicted octanol–water partition coefficient (Wildman–Crippen LogP) is 3.14. The number of ether oxygens (including phenoxy) is 1. The first-order chi connectivity index (χ1) is 13.3. The number of hydrogen-bond acceptors (Lipinski definition) is 5. The van der Waals surface area contributed by atoms with Gasteiger partial charge in [-0.1, -0.05) is 17.7 Å². The minimum absolute atomic E-state index is 0.0503. The van der Waals surface area contributed by atoms with Crippen LogP contribution in [0, 0.1) is 6.92 Å². The molecule has 0 saturated heterocycles. The number of amidine groups is 1. The lowest BCUT2D eigenvalue weighted by Gasteiger charge is -2.11. The molecule has 28 heavy (non-hydrogen) atoms. The van der Waals surface area contributed by atoms with Gasteiger partial charge in [0.1, 0.15) is 11.6 Å². The Morgan fingerprint density at radius 1 is 1.25 bits per heavy atom. The van der Waals surface area contributed by atoms with Crippen LogP contribution in [0.4, 0.5) is 5.69 Å². The molecule has 9 heteroatoms. The van der Waals surface area contributed by atoms with Gasteiger partial charge in [-0.3, -0.25) is 14.5 Å². The van der Waals surface area contributed by atoms with Gasteiger partial charge in [0.15, 0.2) is 6.61 Å². The molecule has 0 aromatic heterocycles. The molecule has 0 fully saturated rings. The number of aryl methyl sites for hydroxylation is 1. The Hall–Kier alpha value is -2.58. The Morgan fingerprint density at radius 3 is 2.79 bits per heavy atom. The van der Waals surface area contributed by atoms with E-state index in [9.17, 15) is 13.2 Å². The van der Waals surface area contributed by atoms with E-state index < -0.39 is 15.9 Å². The zero-order chi connectivity index (χ0) is 20.1. The van der Waals surface area contributed by atoms with Gasteiger partial charge in [0.2, 0.25) is 0 Å². The second kappa shape index (κ2) is 8.62. The summed E-state index contributed by atoms with van der Waals surface area (Å²) in [7, 11) is -3.74. The number of hydrogen-bond donors (Lipinski definition) is 2. The van der Waals surface area contributed by atoms with Gasteiger partial charge >= 0.3 is 0 Å². The molecule has 7 nitrogen and oxygen atoms in total. The minimum Gasteiger partial charge on any atom is -0.483 e. The standard InChI is InChI=1S/C19H20ClN3O4S/c1-13-10-14(20)7-8-17(13)27-12-19(24)22-15-4-2-5-16(11-15)28(25,26)23-18-6-3-9-21-18/h2,4-5,7-8,10-11H,3,6,9,12H2,1H3,(H,21,23)(H,22,24). The van der Waals surface area contributed by atoms with E-state index in [4.69, 9.17) is 16.3 Å². The Kier molecular flexibility index (Phi) is 6.21. The van der Waals surface area contributed by atoms with E-state index in [-0.39, 0.29) is 11.5 Å². The quantitative estimate of drug-likeness (QED) is 0.748. The topological polar surface area (TPSA) is 96.9 Å². The fourth-order valence-corrected chi connectivity index (χ4v) is 4.05. The first kappa shape index (κ1) is 20.2. The molecule has 0 atom stereocenters. The van der Waals surface area contributed by atoms with E-state index in [1.165, 1.54) is 12.1 Å². The molecule has 0 radical (unpaired) electrons. The van der Waals surface area contributed by atoms with Gasteiger partial charge in [-0.25, -0.2) is 8.42 Å². The number of halogens is 1. The average Bonchev–Trinajstić information content (AvgIpc) is 3.13. The smallest absolute Gasteiger partial charge is 0.262 e. The Balaban J connectivity index is 1.62. The normalized spacial score (nSPS) is 13.7. The van der Waals surface area contributed by atoms with Gasteiger partial charge < -0.3 is 10.1 Å². The summed E-state index contributed by atoms with van der Waals surface area (Å²) in [6.45, 7) is 2.24. The SMILES string of the molecule is Cc1cc(Cl)ccc1OCC(=O)Nc1cccc(S(=O)(=O)NC2=NCCC2)c1. The lowest BCUT2D eigenvalue weighted by molar-refractivity contribution is -0.118. The van der Waals surface area contributed by atoms with Crippen LogP contribution in [0.2, 0.25) is 5.02 Å². The largest absolute Gasteiger partial charge is 0.483 e. The van der Waals surface area contributed by atoms with Crippen molar-refractivity contribution in [3.63, 3.8) is 0 Å². The maximum Gasteiger partial charge on any atom is 0.262 e. The summed E-state index contributed by atoms with van der Waals surface area (Å²) in [5.74, 6) is 0.607. The van der Waals surface area contributed by atoms with Crippen molar-refractivity contribution in [3.8, 4) is 5.75 Å². The molecule has 2 N–H and O–H groups in total. The third-order valence-electron chi connectivity index (χ3n) is 4.05. The van der Waals surface area contributed by atoms with Gasteiger partial charge in [-0.05, 0) is 55.3 Å². The molecule has 2 aromatic carbocycles. The van der Waals surface area contributed by atoms with E-state index in [0.717, 1.165) is 12.0 Å². The van der Waals surface area contributed by atoms with Crippen LogP contribution in [0.15, 0.2) is 52.4 Å². The van der Waals surface area contributed by atoms with Crippen molar-refractivity contribution < 1.29 is 17.9 Å². The zero-order valence-electron chi connectivity index (χ0n) is 15.2. The minimum atomic E-state index is -3.74. The molecule has 1 aliphatic heterocycles. The number of carbonyl (C=O) groups excluding carboxylic acids is 1. The summed E-state index contributed by atoms with van der Waals surface area (Å²) in [4.78, 5) is 16.3. The monoisotopic (exact) mass is 421 g/mol. The van der Waals surface area contributed by atoms with Crippen molar-refractivity contribution >= 4 is 39.1 Å². The van der Waals surface area contributed by atoms with Crippen LogP contribution in [0.3, 0.4) is 0 Å². The lowest BCUT2D eigenvalue weighted by Crippen LogP contribution is -2.29. The second-order valence-electron chi connectivity index (χ2n) is 6.31. The fraction of sp³-hybridized carbons (Fsp3) is 0.263. The number of aliphatic imine (C=N–C) groups is 1. The van der Waals surface area contributed by atoms with E-state index in [0.29, 0.717) is 35.3 Å². The van der Waals surface area contributed by atoms with Crippen molar-refractivity contribution in [3.05, 3.63) is 53.1 Å². The van der Waals surface area contributed by atoms with Crippen molar-refractivity contribution in [2.45, 2.75) is 24.7 Å². The molecular weight excluding hydrogens is 402 g/mol. The van der Waals surface area contributed by atoms with E-state index in [2.05, 4.69) is 15.0 Å². The average molecular weight is 422 g/mol. The van der Waals surface area contributed by atoms with Crippen LogP contribution in [0.1, 0.15) is 18.4 Å². The summed E-state index contributed by atoms with van der Waals surface area (Å²) >= 11 is 5.90. The fourth-order valence-electron chi connectivity index (χ4n) is 2.69. The summed E-state index contributed by atoms with van der Waals surface area (Å²) in [5.41, 5.74) is 1.17. The number of rotatable bonds is 6. The zero-order valence-corrected chi connectivity index (χ0v) is 16.8. The van der Waals surface area contributed by atoms with Gasteiger partial charge in [0.25, 0.3) is 15.9 Å². The highest BCUT2D eigenvalue weighted by Gasteiger charge is 2.18. The van der Waals surface area contributed by atoms with Crippen LogP contribution in [-0.2, 0) is 14.8 Å². The lowest BCUT2D eigenvalue weighted by atomic mass is 10.2. The molecule has 0 spiro atoms. The molecule has 3 rings (SSSR count). The van der Waals surface area contributed by atoms with Crippen molar-refractivity contribution in [2.24, 2.45) is 4.99 Å². The van der Waals surface area contributed by atoms with Gasteiger partial charge in [0, 0.05) is 23.7 Å². The van der Waals surface area contributed by atoms with Crippen LogP contribution < -0.4 is 14.8 Å². The summed E-state index contributed by atoms with van der Waals surface area (Å²) < 4.78 is 32.9. The summed E-state index contributed by atoms with van der Waals surface area (Å²) in [6.07, 6.45) is 1.44. The van der Waals surface area contributed by atoms with Crippen molar-refractivity contribution in [1.82, 2.24) is 4.72 Å². The van der Waals surface area contributed by atoms with Crippen LogP contribution >= 0.6 is 11.6 Å². The summed E-state index contributed by atoms with van der Waals surface area (Å²) in [6, 6.07) is 11.1. The summed E-state index contributed by atoms with van der Waals surface area (Å²) in [5, 5.41) is 3.22. The molecule has 0 aliphatic carbocycles. The van der Waals surface area contributed by atoms with Crippen LogP contribution in [-0.4, -0.2) is 33.3 Å². The van der Waals surface area contributed by atoms with Crippen molar-refractivity contribution in [2.75, 3.05) is 18.5 Å². The number of nitrogens with one attached hydrogen (secondary N) is 2. The van der Waals surface area contributed by atoms with Gasteiger partial charge in [-0.2, -0.15) is 0 Å². The third-order valence-corrected chi connectivity index (χ3v) is 5.66. The molecule has 2 aromatic rings. The number of nitrogens with zero attached hydrogens (tertiary/aromatic N) is 1. The molecule has 1 heterocycles. The Morgan fingerprint density at radius 2 is 2.07 bits per heavy atom. The number of carbonyl (C=O) groups is 1. The molecule has 1 aliphatic rings. The van der Waals surface area contributed by atoms with Gasteiger partial charge in [0.05, 0.1) is 4.90 Å². The number of amides is 1.